The highest BCUT2D eigenvalue weighted by Crippen LogP contribution is 2.46. The third-order valence-electron chi connectivity index (χ3n) is 2.98. The van der Waals surface area contributed by atoms with E-state index in [1.807, 2.05) is 0 Å². The van der Waals surface area contributed by atoms with E-state index in [1.165, 1.54) is 0 Å². The molecule has 3 N–H and O–H groups in total. The first-order valence-corrected chi connectivity index (χ1v) is 5.76. The Morgan fingerprint density at radius 1 is 1.53 bits per heavy atom. The van der Waals surface area contributed by atoms with Crippen molar-refractivity contribution in [2.24, 2.45) is 11.7 Å². The molecule has 0 spiro atoms. The number of halogens is 2. The lowest BCUT2D eigenvalue weighted by molar-refractivity contribution is 0.0186. The first-order chi connectivity index (χ1) is 7.09. The van der Waals surface area contributed by atoms with Crippen LogP contribution in [0, 0.1) is 11.7 Å². The van der Waals surface area contributed by atoms with Crippen LogP contribution >= 0.6 is 15.9 Å². The first kappa shape index (κ1) is 11.0. The molecule has 1 atom stereocenters. The second-order valence-corrected chi connectivity index (χ2v) is 4.86. The van der Waals surface area contributed by atoms with E-state index in [9.17, 15) is 9.50 Å². The van der Waals surface area contributed by atoms with Gasteiger partial charge in [0.1, 0.15) is 11.4 Å². The van der Waals surface area contributed by atoms with Crippen molar-refractivity contribution in [2.75, 3.05) is 6.54 Å². The van der Waals surface area contributed by atoms with Crippen molar-refractivity contribution in [1.29, 1.82) is 0 Å². The molecule has 1 aromatic carbocycles. The van der Waals surface area contributed by atoms with Gasteiger partial charge in [-0.05, 0) is 40.8 Å². The Hall–Kier alpha value is -0.450. The van der Waals surface area contributed by atoms with E-state index in [0.717, 1.165) is 12.8 Å². The smallest absolute Gasteiger partial charge is 0.143 e. The average Bonchev–Trinajstić information content (AvgIpc) is 3.05. The Kier molecular flexibility index (Phi) is 2.83. The summed E-state index contributed by atoms with van der Waals surface area (Å²) in [4.78, 5) is 0. The van der Waals surface area contributed by atoms with Crippen LogP contribution in [-0.4, -0.2) is 11.7 Å². The van der Waals surface area contributed by atoms with Gasteiger partial charge in [0.15, 0.2) is 0 Å². The Bertz CT molecular complexity index is 381. The predicted molar refractivity (Wildman–Crippen MR) is 59.8 cm³/mol. The standard InChI is InChI=1S/C11H13BrFNO/c12-9-3-1-2-8(10(9)13)11(15,6-14)7-4-5-7/h1-3,7,15H,4-6,14H2. The van der Waals surface area contributed by atoms with Gasteiger partial charge in [0.05, 0.1) is 4.47 Å². The van der Waals surface area contributed by atoms with Crippen LogP contribution in [0.3, 0.4) is 0 Å². The first-order valence-electron chi connectivity index (χ1n) is 4.96. The van der Waals surface area contributed by atoms with Crippen LogP contribution < -0.4 is 5.73 Å². The van der Waals surface area contributed by atoms with E-state index in [1.54, 1.807) is 18.2 Å². The van der Waals surface area contributed by atoms with Gasteiger partial charge in [-0.1, -0.05) is 12.1 Å². The van der Waals surface area contributed by atoms with Gasteiger partial charge in [-0.2, -0.15) is 0 Å². The molecule has 0 amide bonds. The zero-order valence-corrected chi connectivity index (χ0v) is 9.80. The van der Waals surface area contributed by atoms with Crippen LogP contribution in [0.5, 0.6) is 0 Å². The highest BCUT2D eigenvalue weighted by molar-refractivity contribution is 9.10. The third kappa shape index (κ3) is 1.82. The minimum atomic E-state index is -1.20. The summed E-state index contributed by atoms with van der Waals surface area (Å²) in [5.74, 6) is -0.302. The van der Waals surface area contributed by atoms with Gasteiger partial charge >= 0.3 is 0 Å². The molecule has 2 rings (SSSR count). The normalized spacial score (nSPS) is 20.0. The van der Waals surface area contributed by atoms with Crippen LogP contribution in [0.1, 0.15) is 18.4 Å². The molecule has 0 heterocycles. The van der Waals surface area contributed by atoms with Gasteiger partial charge in [-0.15, -0.1) is 0 Å². The van der Waals surface area contributed by atoms with E-state index < -0.39 is 11.4 Å². The number of nitrogens with two attached hydrogens (primary N) is 1. The lowest BCUT2D eigenvalue weighted by atomic mass is 9.88. The number of benzene rings is 1. The molecule has 2 nitrogen and oxygen atoms in total. The maximum absolute atomic E-state index is 13.8. The van der Waals surface area contributed by atoms with E-state index in [4.69, 9.17) is 5.73 Å². The van der Waals surface area contributed by atoms with Crippen molar-refractivity contribution in [2.45, 2.75) is 18.4 Å². The zero-order valence-electron chi connectivity index (χ0n) is 8.21. The summed E-state index contributed by atoms with van der Waals surface area (Å²) in [5.41, 5.74) is 4.67. The summed E-state index contributed by atoms with van der Waals surface area (Å²) in [5, 5.41) is 10.4. The monoisotopic (exact) mass is 273 g/mol. The molecule has 0 aliphatic heterocycles. The van der Waals surface area contributed by atoms with Crippen molar-refractivity contribution < 1.29 is 9.50 Å². The quantitative estimate of drug-likeness (QED) is 0.887. The van der Waals surface area contributed by atoms with E-state index in [-0.39, 0.29) is 12.5 Å². The molecule has 0 aromatic heterocycles. The van der Waals surface area contributed by atoms with E-state index in [2.05, 4.69) is 15.9 Å². The van der Waals surface area contributed by atoms with Gasteiger partial charge < -0.3 is 10.8 Å². The van der Waals surface area contributed by atoms with Crippen LogP contribution in [0.4, 0.5) is 4.39 Å². The topological polar surface area (TPSA) is 46.2 Å². The van der Waals surface area contributed by atoms with Crippen molar-refractivity contribution in [3.05, 3.63) is 34.1 Å². The molecule has 0 radical (unpaired) electrons. The molecule has 82 valence electrons. The molecule has 15 heavy (non-hydrogen) atoms. The van der Waals surface area contributed by atoms with Gasteiger partial charge in [-0.3, -0.25) is 0 Å². The molecule has 1 saturated carbocycles. The highest BCUT2D eigenvalue weighted by atomic mass is 79.9. The van der Waals surface area contributed by atoms with Crippen LogP contribution in [0.15, 0.2) is 22.7 Å². The Morgan fingerprint density at radius 2 is 2.20 bits per heavy atom. The summed E-state index contributed by atoms with van der Waals surface area (Å²) >= 11 is 3.11. The van der Waals surface area contributed by atoms with Crippen molar-refractivity contribution in [1.82, 2.24) is 0 Å². The Labute approximate surface area is 96.4 Å². The van der Waals surface area contributed by atoms with Crippen LogP contribution in [-0.2, 0) is 5.60 Å². The van der Waals surface area contributed by atoms with Gasteiger partial charge in [0.2, 0.25) is 0 Å². The van der Waals surface area contributed by atoms with Gasteiger partial charge in [0, 0.05) is 12.1 Å². The van der Waals surface area contributed by atoms with Crippen molar-refractivity contribution in [3.63, 3.8) is 0 Å². The lowest BCUT2D eigenvalue weighted by Gasteiger charge is -2.27. The van der Waals surface area contributed by atoms with E-state index in [0.29, 0.717) is 10.0 Å². The van der Waals surface area contributed by atoms with E-state index >= 15 is 0 Å². The SMILES string of the molecule is NCC(O)(c1cccc(Br)c1F)C1CC1. The van der Waals surface area contributed by atoms with Gasteiger partial charge in [-0.25, -0.2) is 4.39 Å². The maximum atomic E-state index is 13.8. The number of hydrogen-bond acceptors (Lipinski definition) is 2. The molecule has 0 bridgehead atoms. The maximum Gasteiger partial charge on any atom is 0.143 e. The minimum absolute atomic E-state index is 0.0606. The number of aliphatic hydroxyl groups is 1. The lowest BCUT2D eigenvalue weighted by Crippen LogP contribution is -2.38. The molecule has 4 heteroatoms. The summed E-state index contributed by atoms with van der Waals surface area (Å²) in [6.07, 6.45) is 1.83. The molecule has 1 aliphatic carbocycles. The minimum Gasteiger partial charge on any atom is -0.383 e. The Balaban J connectivity index is 2.46. The summed E-state index contributed by atoms with van der Waals surface area (Å²) in [6.45, 7) is 0.0606. The highest BCUT2D eigenvalue weighted by Gasteiger charge is 2.45. The number of rotatable bonds is 3. The molecule has 1 fully saturated rings. The number of hydrogen-bond donors (Lipinski definition) is 2. The molecule has 1 unspecified atom stereocenters. The molecule has 1 aliphatic rings. The molecular formula is C11H13BrFNO. The van der Waals surface area contributed by atoms with Crippen LogP contribution in [0.2, 0.25) is 0 Å². The fourth-order valence-corrected chi connectivity index (χ4v) is 2.26. The average molecular weight is 274 g/mol. The largest absolute Gasteiger partial charge is 0.383 e. The Morgan fingerprint density at radius 3 is 2.73 bits per heavy atom. The molecular weight excluding hydrogens is 261 g/mol. The summed E-state index contributed by atoms with van der Waals surface area (Å²) < 4.78 is 14.2. The zero-order chi connectivity index (χ0) is 11.1. The fraction of sp³-hybridized carbons (Fsp3) is 0.455. The van der Waals surface area contributed by atoms with Crippen LogP contribution in [0.25, 0.3) is 0 Å². The predicted octanol–water partition coefficient (Wildman–Crippen LogP) is 2.14. The third-order valence-corrected chi connectivity index (χ3v) is 3.59. The fourth-order valence-electron chi connectivity index (χ4n) is 1.90. The summed E-state index contributed by atoms with van der Waals surface area (Å²) in [7, 11) is 0. The second kappa shape index (κ2) is 3.85. The molecule has 0 saturated heterocycles. The van der Waals surface area contributed by atoms with Gasteiger partial charge in [0.25, 0.3) is 0 Å². The van der Waals surface area contributed by atoms with Crippen molar-refractivity contribution >= 4 is 15.9 Å². The summed E-state index contributed by atoms with van der Waals surface area (Å²) in [6, 6.07) is 4.93. The van der Waals surface area contributed by atoms with Crippen molar-refractivity contribution in [3.8, 4) is 0 Å². The molecule has 1 aromatic rings. The second-order valence-electron chi connectivity index (χ2n) is 4.00.